The van der Waals surface area contributed by atoms with Crippen LogP contribution in [0.25, 0.3) is 0 Å². The summed E-state index contributed by atoms with van der Waals surface area (Å²) in [5, 5.41) is 0. The number of carbonyl (C=O) groups is 1. The lowest BCUT2D eigenvalue weighted by molar-refractivity contribution is 0.0972. The molecule has 1 aromatic rings. The number of rotatable bonds is 0. The maximum absolute atomic E-state index is 11.6. The van der Waals surface area contributed by atoms with Crippen molar-refractivity contribution < 1.29 is 4.79 Å². The van der Waals surface area contributed by atoms with Crippen molar-refractivity contribution in [1.82, 2.24) is 0 Å². The number of aryl methyl sites for hydroxylation is 2. The Morgan fingerprint density at radius 3 is 2.85 bits per heavy atom. The van der Waals surface area contributed by atoms with Gasteiger partial charge < -0.3 is 0 Å². The van der Waals surface area contributed by atoms with Crippen LogP contribution in [0, 0.1) is 10.5 Å². The normalized spacial score (nSPS) is 15.7. The predicted octanol–water partition coefficient (Wildman–Crippen LogP) is 3.12. The lowest BCUT2D eigenvalue weighted by Gasteiger charge is -2.17. The van der Waals surface area contributed by atoms with E-state index < -0.39 is 0 Å². The van der Waals surface area contributed by atoms with Crippen molar-refractivity contribution in [2.75, 3.05) is 0 Å². The number of hydrogen-bond acceptors (Lipinski definition) is 1. The standard InChI is InChI=1S/C11H11IO/c1-7-5-9(12)6-8-3-2-4-10(13)11(7)8/h5-6H,2-4H2,1H3. The highest BCUT2D eigenvalue weighted by molar-refractivity contribution is 14.1. The first kappa shape index (κ1) is 9.19. The molecule has 0 unspecified atom stereocenters. The third kappa shape index (κ3) is 1.64. The van der Waals surface area contributed by atoms with Crippen molar-refractivity contribution in [3.05, 3.63) is 32.4 Å². The topological polar surface area (TPSA) is 17.1 Å². The van der Waals surface area contributed by atoms with Gasteiger partial charge in [0.05, 0.1) is 0 Å². The zero-order valence-corrected chi connectivity index (χ0v) is 9.72. The van der Waals surface area contributed by atoms with E-state index in [-0.39, 0.29) is 0 Å². The Balaban J connectivity index is 2.63. The summed E-state index contributed by atoms with van der Waals surface area (Å²) < 4.78 is 1.24. The molecule has 0 fully saturated rings. The van der Waals surface area contributed by atoms with Gasteiger partial charge in [0.2, 0.25) is 0 Å². The number of fused-ring (bicyclic) bond motifs is 1. The van der Waals surface area contributed by atoms with E-state index in [1.165, 1.54) is 9.13 Å². The van der Waals surface area contributed by atoms with Gasteiger partial charge in [0.25, 0.3) is 0 Å². The number of halogens is 1. The van der Waals surface area contributed by atoms with Crippen LogP contribution >= 0.6 is 22.6 Å². The van der Waals surface area contributed by atoms with Crippen molar-refractivity contribution in [1.29, 1.82) is 0 Å². The first-order valence-corrected chi connectivity index (χ1v) is 5.58. The summed E-state index contributed by atoms with van der Waals surface area (Å²) in [6.45, 7) is 2.03. The lowest BCUT2D eigenvalue weighted by atomic mass is 9.88. The second-order valence-electron chi connectivity index (χ2n) is 3.53. The summed E-state index contributed by atoms with van der Waals surface area (Å²) in [4.78, 5) is 11.6. The molecule has 0 radical (unpaired) electrons. The average Bonchev–Trinajstić information content (AvgIpc) is 2.02. The van der Waals surface area contributed by atoms with E-state index in [1.807, 2.05) is 6.92 Å². The molecular weight excluding hydrogens is 275 g/mol. The van der Waals surface area contributed by atoms with E-state index in [1.54, 1.807) is 0 Å². The van der Waals surface area contributed by atoms with Gasteiger partial charge in [0.1, 0.15) is 0 Å². The minimum Gasteiger partial charge on any atom is -0.294 e. The summed E-state index contributed by atoms with van der Waals surface area (Å²) in [6.07, 6.45) is 2.82. The molecular formula is C11H11IO. The molecule has 0 aliphatic heterocycles. The molecule has 0 bridgehead atoms. The van der Waals surface area contributed by atoms with Crippen molar-refractivity contribution in [2.45, 2.75) is 26.2 Å². The minimum atomic E-state index is 0.329. The molecule has 0 amide bonds. The second-order valence-corrected chi connectivity index (χ2v) is 4.78. The molecule has 0 N–H and O–H groups in total. The Kier molecular flexibility index (Phi) is 2.41. The van der Waals surface area contributed by atoms with E-state index in [9.17, 15) is 4.79 Å². The molecule has 13 heavy (non-hydrogen) atoms. The molecule has 68 valence electrons. The quantitative estimate of drug-likeness (QED) is 0.670. The number of benzene rings is 1. The van der Waals surface area contributed by atoms with Gasteiger partial charge in [-0.15, -0.1) is 0 Å². The molecule has 1 aliphatic carbocycles. The van der Waals surface area contributed by atoms with Crippen LogP contribution in [-0.2, 0) is 6.42 Å². The fourth-order valence-corrected chi connectivity index (χ4v) is 2.82. The zero-order chi connectivity index (χ0) is 9.42. The maximum Gasteiger partial charge on any atom is 0.163 e. The fraction of sp³-hybridized carbons (Fsp3) is 0.364. The second kappa shape index (κ2) is 3.40. The summed E-state index contributed by atoms with van der Waals surface area (Å²) >= 11 is 2.31. The molecule has 0 atom stereocenters. The first-order chi connectivity index (χ1) is 6.18. The van der Waals surface area contributed by atoms with E-state index >= 15 is 0 Å². The van der Waals surface area contributed by atoms with Crippen LogP contribution in [0.4, 0.5) is 0 Å². The van der Waals surface area contributed by atoms with E-state index in [2.05, 4.69) is 34.7 Å². The van der Waals surface area contributed by atoms with E-state index in [4.69, 9.17) is 0 Å². The van der Waals surface area contributed by atoms with Gasteiger partial charge in [0, 0.05) is 15.6 Å². The maximum atomic E-state index is 11.6. The van der Waals surface area contributed by atoms with E-state index in [0.717, 1.165) is 30.4 Å². The fourth-order valence-electron chi connectivity index (χ4n) is 1.97. The number of hydrogen-bond donors (Lipinski definition) is 0. The van der Waals surface area contributed by atoms with Crippen LogP contribution in [0.2, 0.25) is 0 Å². The zero-order valence-electron chi connectivity index (χ0n) is 7.56. The molecule has 1 aliphatic rings. The SMILES string of the molecule is Cc1cc(I)cc2c1C(=O)CCC2. The van der Waals surface area contributed by atoms with Gasteiger partial charge in [0.15, 0.2) is 5.78 Å². The van der Waals surface area contributed by atoms with Crippen LogP contribution in [0.15, 0.2) is 12.1 Å². The lowest BCUT2D eigenvalue weighted by Crippen LogP contribution is -2.12. The Hall–Kier alpha value is -0.380. The Labute approximate surface area is 91.7 Å². The van der Waals surface area contributed by atoms with Crippen LogP contribution in [0.5, 0.6) is 0 Å². The smallest absolute Gasteiger partial charge is 0.163 e. The third-order valence-electron chi connectivity index (χ3n) is 2.51. The Bertz CT molecular complexity index is 369. The largest absolute Gasteiger partial charge is 0.294 e. The van der Waals surface area contributed by atoms with E-state index in [0.29, 0.717) is 5.78 Å². The third-order valence-corrected chi connectivity index (χ3v) is 3.13. The molecule has 1 aromatic carbocycles. The van der Waals surface area contributed by atoms with Gasteiger partial charge in [-0.3, -0.25) is 4.79 Å². The summed E-state index contributed by atoms with van der Waals surface area (Å²) in [5.74, 6) is 0.329. The average molecular weight is 286 g/mol. The monoisotopic (exact) mass is 286 g/mol. The molecule has 2 rings (SSSR count). The van der Waals surface area contributed by atoms with Crippen molar-refractivity contribution in [3.8, 4) is 0 Å². The molecule has 0 aromatic heterocycles. The first-order valence-electron chi connectivity index (χ1n) is 4.50. The van der Waals surface area contributed by atoms with Gasteiger partial charge in [-0.1, -0.05) is 0 Å². The molecule has 0 saturated heterocycles. The van der Waals surface area contributed by atoms with Gasteiger partial charge in [-0.25, -0.2) is 0 Å². The van der Waals surface area contributed by atoms with Gasteiger partial charge in [-0.2, -0.15) is 0 Å². The number of carbonyl (C=O) groups excluding carboxylic acids is 1. The Morgan fingerprint density at radius 2 is 2.08 bits per heavy atom. The van der Waals surface area contributed by atoms with Crippen LogP contribution in [-0.4, -0.2) is 5.78 Å². The van der Waals surface area contributed by atoms with Gasteiger partial charge in [-0.05, 0) is 65.6 Å². The number of ketones is 1. The van der Waals surface area contributed by atoms with Crippen molar-refractivity contribution >= 4 is 28.4 Å². The highest BCUT2D eigenvalue weighted by Crippen LogP contribution is 2.26. The highest BCUT2D eigenvalue weighted by atomic mass is 127. The highest BCUT2D eigenvalue weighted by Gasteiger charge is 2.19. The van der Waals surface area contributed by atoms with Crippen molar-refractivity contribution in [3.63, 3.8) is 0 Å². The molecule has 0 heterocycles. The van der Waals surface area contributed by atoms with Crippen LogP contribution in [0.3, 0.4) is 0 Å². The minimum absolute atomic E-state index is 0.329. The predicted molar refractivity (Wildman–Crippen MR) is 61.2 cm³/mol. The summed E-state index contributed by atoms with van der Waals surface area (Å²) in [7, 11) is 0. The molecule has 0 saturated carbocycles. The summed E-state index contributed by atoms with van der Waals surface area (Å²) in [6, 6.07) is 4.22. The summed E-state index contributed by atoms with van der Waals surface area (Å²) in [5.41, 5.74) is 3.39. The molecule has 2 heteroatoms. The molecule has 0 spiro atoms. The Morgan fingerprint density at radius 1 is 1.31 bits per heavy atom. The number of Topliss-reactive ketones (excluding diaryl/α,β-unsaturated/α-hetero) is 1. The van der Waals surface area contributed by atoms with Crippen LogP contribution < -0.4 is 0 Å². The molecule has 1 nitrogen and oxygen atoms in total. The van der Waals surface area contributed by atoms with Gasteiger partial charge >= 0.3 is 0 Å². The van der Waals surface area contributed by atoms with Crippen LogP contribution in [0.1, 0.15) is 34.3 Å². The van der Waals surface area contributed by atoms with Crippen molar-refractivity contribution in [2.24, 2.45) is 0 Å².